The van der Waals surface area contributed by atoms with E-state index in [1.807, 2.05) is 30.3 Å². The minimum atomic E-state index is -0.386. The second-order valence-electron chi connectivity index (χ2n) is 5.48. The monoisotopic (exact) mass is 360 g/mol. The molecule has 132 valence electrons. The van der Waals surface area contributed by atoms with Crippen molar-refractivity contribution in [2.75, 3.05) is 25.5 Å². The molecule has 0 radical (unpaired) electrons. The van der Waals surface area contributed by atoms with Gasteiger partial charge in [-0.05, 0) is 42.3 Å². The van der Waals surface area contributed by atoms with Gasteiger partial charge in [0.15, 0.2) is 0 Å². The maximum Gasteiger partial charge on any atom is 0.337 e. The van der Waals surface area contributed by atoms with Crippen molar-refractivity contribution >= 4 is 29.2 Å². The molecule has 0 aromatic heterocycles. The van der Waals surface area contributed by atoms with Crippen molar-refractivity contribution in [3.63, 3.8) is 0 Å². The molecule has 0 saturated carbocycles. The number of carbonyl (C=O) groups excluding carboxylic acids is 2. The van der Waals surface area contributed by atoms with Crippen LogP contribution in [0.25, 0.3) is 0 Å². The number of hydrogen-bond acceptors (Lipinski definition) is 4. The zero-order valence-electron chi connectivity index (χ0n) is 14.0. The van der Waals surface area contributed by atoms with Crippen LogP contribution < -0.4 is 10.6 Å². The van der Waals surface area contributed by atoms with Crippen molar-refractivity contribution in [1.29, 1.82) is 0 Å². The summed E-state index contributed by atoms with van der Waals surface area (Å²) in [4.78, 5) is 23.3. The van der Waals surface area contributed by atoms with Crippen LogP contribution in [-0.2, 0) is 16.0 Å². The number of nitrogens with one attached hydrogen (secondary N) is 2. The molecule has 0 fully saturated rings. The van der Waals surface area contributed by atoms with E-state index in [4.69, 9.17) is 11.6 Å². The number of benzene rings is 2. The molecule has 0 heterocycles. The van der Waals surface area contributed by atoms with E-state index < -0.39 is 0 Å². The predicted molar refractivity (Wildman–Crippen MR) is 99.1 cm³/mol. The van der Waals surface area contributed by atoms with Gasteiger partial charge in [0.25, 0.3) is 0 Å². The Morgan fingerprint density at radius 1 is 1.08 bits per heavy atom. The zero-order valence-corrected chi connectivity index (χ0v) is 14.8. The van der Waals surface area contributed by atoms with Crippen LogP contribution in [0.1, 0.15) is 22.3 Å². The third kappa shape index (κ3) is 6.47. The Balaban J connectivity index is 1.68. The number of ether oxygens (including phenoxy) is 1. The normalized spacial score (nSPS) is 10.2. The molecular weight excluding hydrogens is 340 g/mol. The Bertz CT molecular complexity index is 717. The van der Waals surface area contributed by atoms with Gasteiger partial charge in [-0.15, -0.1) is 0 Å². The van der Waals surface area contributed by atoms with Crippen LogP contribution in [0.2, 0.25) is 5.02 Å². The summed E-state index contributed by atoms with van der Waals surface area (Å²) < 4.78 is 4.68. The lowest BCUT2D eigenvalue weighted by Crippen LogP contribution is -2.27. The fourth-order valence-corrected chi connectivity index (χ4v) is 2.41. The highest BCUT2D eigenvalue weighted by atomic mass is 35.5. The summed E-state index contributed by atoms with van der Waals surface area (Å²) in [5, 5.41) is 6.71. The minimum Gasteiger partial charge on any atom is -0.465 e. The van der Waals surface area contributed by atoms with Crippen molar-refractivity contribution in [2.45, 2.75) is 12.8 Å². The minimum absolute atomic E-state index is 0.0226. The summed E-state index contributed by atoms with van der Waals surface area (Å²) in [5.41, 5.74) is 2.37. The van der Waals surface area contributed by atoms with Gasteiger partial charge in [0, 0.05) is 30.2 Å². The maximum absolute atomic E-state index is 11.9. The first-order chi connectivity index (χ1) is 12.1. The van der Waals surface area contributed by atoms with Crippen molar-refractivity contribution in [3.05, 3.63) is 64.7 Å². The second-order valence-corrected chi connectivity index (χ2v) is 5.91. The lowest BCUT2D eigenvalue weighted by Gasteiger charge is -2.09. The summed E-state index contributed by atoms with van der Waals surface area (Å²) in [6.45, 7) is 1.07. The maximum atomic E-state index is 11.9. The molecule has 0 atom stereocenters. The summed E-state index contributed by atoms with van der Waals surface area (Å²) in [6, 6.07) is 14.6. The van der Waals surface area contributed by atoms with Gasteiger partial charge in [-0.25, -0.2) is 4.79 Å². The highest BCUT2D eigenvalue weighted by Crippen LogP contribution is 2.11. The van der Waals surface area contributed by atoms with E-state index in [-0.39, 0.29) is 11.9 Å². The van der Waals surface area contributed by atoms with Gasteiger partial charge >= 0.3 is 5.97 Å². The number of amides is 1. The Kier molecular flexibility index (Phi) is 7.29. The molecule has 0 saturated heterocycles. The quantitative estimate of drug-likeness (QED) is 0.709. The van der Waals surface area contributed by atoms with E-state index in [9.17, 15) is 9.59 Å². The van der Waals surface area contributed by atoms with Crippen molar-refractivity contribution in [3.8, 4) is 0 Å². The van der Waals surface area contributed by atoms with Crippen molar-refractivity contribution in [2.24, 2.45) is 0 Å². The van der Waals surface area contributed by atoms with Gasteiger partial charge in [0.1, 0.15) is 0 Å². The standard InChI is InChI=1S/C19H21ClN2O3/c1-25-19(24)15-3-2-4-17(13-15)21-12-10-18(23)22-11-9-14-5-7-16(20)8-6-14/h2-8,13,21H,9-12H2,1H3,(H,22,23). The van der Waals surface area contributed by atoms with E-state index in [0.29, 0.717) is 30.1 Å². The summed E-state index contributed by atoms with van der Waals surface area (Å²) in [6.07, 6.45) is 1.11. The molecule has 2 aromatic carbocycles. The van der Waals surface area contributed by atoms with Gasteiger partial charge in [-0.1, -0.05) is 29.8 Å². The molecule has 5 nitrogen and oxygen atoms in total. The molecule has 0 aliphatic heterocycles. The fourth-order valence-electron chi connectivity index (χ4n) is 2.28. The third-order valence-corrected chi connectivity index (χ3v) is 3.87. The molecule has 0 aliphatic carbocycles. The average molecular weight is 361 g/mol. The van der Waals surface area contributed by atoms with Gasteiger partial charge in [0.05, 0.1) is 12.7 Å². The Morgan fingerprint density at radius 3 is 2.56 bits per heavy atom. The molecule has 2 rings (SSSR count). The summed E-state index contributed by atoms with van der Waals surface area (Å²) in [5.74, 6) is -0.408. The van der Waals surface area contributed by atoms with Gasteiger partial charge in [-0.2, -0.15) is 0 Å². The van der Waals surface area contributed by atoms with E-state index in [1.165, 1.54) is 7.11 Å². The van der Waals surface area contributed by atoms with Crippen LogP contribution in [0.4, 0.5) is 5.69 Å². The van der Waals surface area contributed by atoms with Crippen LogP contribution in [0, 0.1) is 0 Å². The molecule has 0 unspecified atom stereocenters. The van der Waals surface area contributed by atoms with E-state index in [1.54, 1.807) is 18.2 Å². The van der Waals surface area contributed by atoms with Crippen LogP contribution in [0.5, 0.6) is 0 Å². The van der Waals surface area contributed by atoms with Crippen LogP contribution in [0.15, 0.2) is 48.5 Å². The van der Waals surface area contributed by atoms with Crippen LogP contribution in [-0.4, -0.2) is 32.1 Å². The largest absolute Gasteiger partial charge is 0.465 e. The van der Waals surface area contributed by atoms with Crippen molar-refractivity contribution in [1.82, 2.24) is 5.32 Å². The zero-order chi connectivity index (χ0) is 18.1. The number of rotatable bonds is 8. The SMILES string of the molecule is COC(=O)c1cccc(NCCC(=O)NCCc2ccc(Cl)cc2)c1. The Hall–Kier alpha value is -2.53. The number of halogens is 1. The topological polar surface area (TPSA) is 67.4 Å². The van der Waals surface area contributed by atoms with Crippen LogP contribution >= 0.6 is 11.6 Å². The highest BCUT2D eigenvalue weighted by Gasteiger charge is 2.06. The molecule has 25 heavy (non-hydrogen) atoms. The molecule has 2 aromatic rings. The number of anilines is 1. The lowest BCUT2D eigenvalue weighted by molar-refractivity contribution is -0.120. The smallest absolute Gasteiger partial charge is 0.337 e. The first kappa shape index (κ1) is 18.8. The molecule has 0 aliphatic rings. The Morgan fingerprint density at radius 2 is 1.84 bits per heavy atom. The highest BCUT2D eigenvalue weighted by molar-refractivity contribution is 6.30. The lowest BCUT2D eigenvalue weighted by atomic mass is 10.1. The first-order valence-electron chi connectivity index (χ1n) is 8.02. The van der Waals surface area contributed by atoms with E-state index in [0.717, 1.165) is 17.7 Å². The first-order valence-corrected chi connectivity index (χ1v) is 8.39. The predicted octanol–water partition coefficient (Wildman–Crippen LogP) is 3.29. The van der Waals surface area contributed by atoms with E-state index in [2.05, 4.69) is 15.4 Å². The second kappa shape index (κ2) is 9.69. The number of esters is 1. The molecule has 1 amide bonds. The Labute approximate surface area is 152 Å². The average Bonchev–Trinajstić information content (AvgIpc) is 2.63. The van der Waals surface area contributed by atoms with E-state index >= 15 is 0 Å². The van der Waals surface area contributed by atoms with Gasteiger partial charge < -0.3 is 15.4 Å². The fraction of sp³-hybridized carbons (Fsp3) is 0.263. The van der Waals surface area contributed by atoms with Gasteiger partial charge in [0.2, 0.25) is 5.91 Å². The van der Waals surface area contributed by atoms with Crippen LogP contribution in [0.3, 0.4) is 0 Å². The molecule has 0 spiro atoms. The number of methoxy groups -OCH3 is 1. The molecule has 6 heteroatoms. The third-order valence-electron chi connectivity index (χ3n) is 3.61. The van der Waals surface area contributed by atoms with Crippen molar-refractivity contribution < 1.29 is 14.3 Å². The molecular formula is C19H21ClN2O3. The van der Waals surface area contributed by atoms with Gasteiger partial charge in [-0.3, -0.25) is 4.79 Å². The summed E-state index contributed by atoms with van der Waals surface area (Å²) in [7, 11) is 1.34. The summed E-state index contributed by atoms with van der Waals surface area (Å²) >= 11 is 5.84. The molecule has 2 N–H and O–H groups in total. The molecule has 0 bridgehead atoms. The number of hydrogen-bond donors (Lipinski definition) is 2. The number of carbonyl (C=O) groups is 2.